The summed E-state index contributed by atoms with van der Waals surface area (Å²) in [6.07, 6.45) is 18.8. The van der Waals surface area contributed by atoms with Crippen molar-refractivity contribution in [3.8, 4) is 11.5 Å². The number of rotatable bonds is 23. The minimum absolute atomic E-state index is 0.470. The van der Waals surface area contributed by atoms with Gasteiger partial charge in [0, 0.05) is 0 Å². The first kappa shape index (κ1) is 57.2. The van der Waals surface area contributed by atoms with Gasteiger partial charge in [-0.2, -0.15) is 43.9 Å². The molecule has 2 aromatic rings. The summed E-state index contributed by atoms with van der Waals surface area (Å²) in [6, 6.07) is 11.2. The minimum atomic E-state index is -5.72. The van der Waals surface area contributed by atoms with Crippen LogP contribution < -0.4 is 9.47 Å². The van der Waals surface area contributed by atoms with Crippen LogP contribution in [0.3, 0.4) is 0 Å². The molecular weight excluding hydrogens is 907 g/mol. The highest BCUT2D eigenvalue weighted by molar-refractivity contribution is 5.28. The molecule has 0 radical (unpaired) electrons. The number of ether oxygens (including phenoxy) is 2. The van der Waals surface area contributed by atoms with Gasteiger partial charge in [0.2, 0.25) is 0 Å². The Kier molecular flexibility index (Phi) is 23.2. The van der Waals surface area contributed by atoms with Crippen molar-refractivity contribution in [3.05, 3.63) is 59.7 Å². The van der Waals surface area contributed by atoms with E-state index in [-0.39, 0.29) is 0 Å². The van der Waals surface area contributed by atoms with Crippen LogP contribution in [0.5, 0.6) is 11.5 Å². The van der Waals surface area contributed by atoms with Crippen molar-refractivity contribution in [1.82, 2.24) is 0 Å². The Bertz CT molecular complexity index is 1660. The van der Waals surface area contributed by atoms with Crippen LogP contribution in [0.1, 0.15) is 211 Å². The van der Waals surface area contributed by atoms with Crippen LogP contribution in [0.15, 0.2) is 48.5 Å². The highest BCUT2D eigenvalue weighted by Crippen LogP contribution is 2.45. The molecule has 6 rings (SSSR count). The Balaban J connectivity index is 0.000000258. The van der Waals surface area contributed by atoms with E-state index in [1.807, 2.05) is 0 Å². The zero-order valence-electron chi connectivity index (χ0n) is 41.8. The van der Waals surface area contributed by atoms with Gasteiger partial charge in [0.05, 0.1) is 0 Å². The van der Waals surface area contributed by atoms with Crippen molar-refractivity contribution in [1.29, 1.82) is 0 Å². The van der Waals surface area contributed by atoms with Gasteiger partial charge in [-0.3, -0.25) is 0 Å². The monoisotopic (exact) mass is 991 g/mol. The van der Waals surface area contributed by atoms with Gasteiger partial charge in [0.1, 0.15) is 11.5 Å². The molecule has 0 bridgehead atoms. The van der Waals surface area contributed by atoms with E-state index < -0.39 is 36.1 Å². The van der Waals surface area contributed by atoms with Gasteiger partial charge in [0.15, 0.2) is 0 Å². The van der Waals surface area contributed by atoms with Gasteiger partial charge in [-0.15, -0.1) is 0 Å². The summed E-state index contributed by atoms with van der Waals surface area (Å²) in [4.78, 5) is 0. The SMILES string of the molecule is CCCCCCC[C@H]1CC[C@H](C2CCC(CCc3ccc(OC(F)(F)C(F)(F)F)cc3)CC2)CC1.CCCCCC[C@H]1CC[C@H](C2CCC(CCc3ccc(OC(F)(F)C(F)(F)F)cc3)CC2)CC1. The first-order chi connectivity index (χ1) is 32.9. The summed E-state index contributed by atoms with van der Waals surface area (Å²) in [6.45, 7) is 4.54. The molecule has 12 heteroatoms. The first-order valence-corrected chi connectivity index (χ1v) is 27.3. The number of hydrogen-bond donors (Lipinski definition) is 0. The first-order valence-electron chi connectivity index (χ1n) is 27.3. The smallest absolute Gasteiger partial charge is 0.426 e. The van der Waals surface area contributed by atoms with Crippen molar-refractivity contribution in [2.75, 3.05) is 0 Å². The van der Waals surface area contributed by atoms with Gasteiger partial charge < -0.3 is 9.47 Å². The Morgan fingerprint density at radius 2 is 0.609 bits per heavy atom. The second kappa shape index (κ2) is 28.0. The molecule has 0 aliphatic heterocycles. The average Bonchev–Trinajstić information content (AvgIpc) is 3.32. The number of alkyl halides is 10. The van der Waals surface area contributed by atoms with E-state index in [9.17, 15) is 43.9 Å². The van der Waals surface area contributed by atoms with E-state index in [2.05, 4.69) is 23.3 Å². The lowest BCUT2D eigenvalue weighted by molar-refractivity contribution is -0.360. The van der Waals surface area contributed by atoms with E-state index in [1.54, 1.807) is 24.3 Å². The maximum Gasteiger partial charge on any atom is 0.499 e. The fourth-order valence-electron chi connectivity index (χ4n) is 12.3. The van der Waals surface area contributed by atoms with E-state index in [0.29, 0.717) is 11.8 Å². The summed E-state index contributed by atoms with van der Waals surface area (Å²) >= 11 is 0. The Morgan fingerprint density at radius 1 is 0.348 bits per heavy atom. The van der Waals surface area contributed by atoms with Crippen molar-refractivity contribution in [3.63, 3.8) is 0 Å². The van der Waals surface area contributed by atoms with Gasteiger partial charge >= 0.3 is 24.6 Å². The van der Waals surface area contributed by atoms with Crippen LogP contribution in [0.25, 0.3) is 0 Å². The maximum atomic E-state index is 13.0. The minimum Gasteiger partial charge on any atom is -0.426 e. The van der Waals surface area contributed by atoms with E-state index >= 15 is 0 Å². The summed E-state index contributed by atoms with van der Waals surface area (Å²) in [5.41, 5.74) is 1.89. The van der Waals surface area contributed by atoms with Gasteiger partial charge in [-0.1, -0.05) is 160 Å². The topological polar surface area (TPSA) is 18.5 Å². The van der Waals surface area contributed by atoms with Gasteiger partial charge in [0.25, 0.3) is 0 Å². The molecule has 0 aromatic heterocycles. The molecule has 2 aromatic carbocycles. The number of benzene rings is 2. The standard InChI is InChI=1S/C29H43F5O.C28H41F5O/c1-2-3-4-5-6-7-22-10-16-25(17-11-22)26-18-12-23(13-19-26)8-9-24-14-20-27(21-15-24)35-29(33,34)28(30,31)32;1-2-3-4-5-6-21-9-15-24(16-10-21)25-17-11-22(12-18-25)7-8-23-13-19-26(20-14-23)34-28(32,33)27(29,30)31/h14-15,20-23,25-26H,2-13,16-19H2,1H3;13-14,19-22,24-25H,2-12,15-18H2,1H3/t22-,23?,25-,26?;21-,22?,24-,25?. The summed E-state index contributed by atoms with van der Waals surface area (Å²) in [5, 5.41) is 0. The number of hydrogen-bond acceptors (Lipinski definition) is 2. The van der Waals surface area contributed by atoms with E-state index in [1.165, 1.54) is 198 Å². The van der Waals surface area contributed by atoms with Crippen molar-refractivity contribution >= 4 is 0 Å². The molecule has 4 aliphatic rings. The number of aryl methyl sites for hydroxylation is 2. The van der Waals surface area contributed by atoms with Gasteiger partial charge in [-0.05, 0) is 160 Å². The van der Waals surface area contributed by atoms with Crippen LogP contribution in [0.4, 0.5) is 43.9 Å². The number of halogens is 10. The Labute approximate surface area is 408 Å². The van der Waals surface area contributed by atoms with Crippen molar-refractivity contribution in [2.24, 2.45) is 47.3 Å². The molecule has 4 fully saturated rings. The van der Waals surface area contributed by atoms with Crippen molar-refractivity contribution < 1.29 is 53.4 Å². The van der Waals surface area contributed by atoms with Crippen LogP contribution in [-0.2, 0) is 12.8 Å². The van der Waals surface area contributed by atoms with Gasteiger partial charge in [-0.25, -0.2) is 0 Å². The third-order valence-electron chi connectivity index (χ3n) is 16.8. The summed E-state index contributed by atoms with van der Waals surface area (Å²) < 4.78 is 134. The largest absolute Gasteiger partial charge is 0.499 e. The molecule has 394 valence electrons. The molecule has 2 nitrogen and oxygen atoms in total. The quantitative estimate of drug-likeness (QED) is 0.0816. The van der Waals surface area contributed by atoms with E-state index in [4.69, 9.17) is 0 Å². The lowest BCUT2D eigenvalue weighted by Crippen LogP contribution is -2.41. The van der Waals surface area contributed by atoms with Crippen LogP contribution in [-0.4, -0.2) is 24.6 Å². The molecule has 0 heterocycles. The lowest BCUT2D eigenvalue weighted by atomic mass is 9.68. The normalized spacial score (nSPS) is 26.2. The van der Waals surface area contributed by atoms with Crippen molar-refractivity contribution in [2.45, 2.75) is 237 Å². The summed E-state index contributed by atoms with van der Waals surface area (Å²) in [7, 11) is 0. The lowest BCUT2D eigenvalue weighted by Gasteiger charge is -2.38. The third-order valence-corrected chi connectivity index (χ3v) is 16.8. The molecule has 69 heavy (non-hydrogen) atoms. The second-order valence-electron chi connectivity index (χ2n) is 21.8. The molecule has 0 saturated heterocycles. The highest BCUT2D eigenvalue weighted by Gasteiger charge is 2.62. The molecule has 0 amide bonds. The molecule has 4 saturated carbocycles. The van der Waals surface area contributed by atoms with E-state index in [0.717, 1.165) is 72.3 Å². The molecular formula is C57H84F10O2. The van der Waals surface area contributed by atoms with Crippen LogP contribution >= 0.6 is 0 Å². The predicted molar refractivity (Wildman–Crippen MR) is 257 cm³/mol. The average molecular weight is 991 g/mol. The second-order valence-corrected chi connectivity index (χ2v) is 21.8. The Morgan fingerprint density at radius 3 is 0.884 bits per heavy atom. The fourth-order valence-corrected chi connectivity index (χ4v) is 12.3. The van der Waals surface area contributed by atoms with Crippen LogP contribution in [0.2, 0.25) is 0 Å². The zero-order valence-corrected chi connectivity index (χ0v) is 41.8. The Hall–Kier alpha value is -2.66. The zero-order chi connectivity index (χ0) is 49.9. The third kappa shape index (κ3) is 19.4. The maximum absolute atomic E-state index is 13.0. The fraction of sp³-hybridized carbons (Fsp3) is 0.789. The molecule has 0 spiro atoms. The predicted octanol–water partition coefficient (Wildman–Crippen LogP) is 19.9. The number of unbranched alkanes of at least 4 members (excludes halogenated alkanes) is 7. The molecule has 0 N–H and O–H groups in total. The summed E-state index contributed by atoms with van der Waals surface area (Å²) in [5.74, 6) is 5.91. The molecule has 4 aliphatic carbocycles. The highest BCUT2D eigenvalue weighted by atomic mass is 19.4. The molecule has 0 unspecified atom stereocenters. The molecule has 0 atom stereocenters. The van der Waals surface area contributed by atoms with Crippen LogP contribution in [0, 0.1) is 47.3 Å².